The highest BCUT2D eigenvalue weighted by Gasteiger charge is 2.19. The summed E-state index contributed by atoms with van der Waals surface area (Å²) < 4.78 is 0. The summed E-state index contributed by atoms with van der Waals surface area (Å²) in [7, 11) is 0. The first kappa shape index (κ1) is 17.9. The van der Waals surface area contributed by atoms with Gasteiger partial charge < -0.3 is 0 Å². The molecule has 22 heavy (non-hydrogen) atoms. The molecule has 1 aromatic carbocycles. The van der Waals surface area contributed by atoms with E-state index in [0.29, 0.717) is 13.1 Å². The van der Waals surface area contributed by atoms with Crippen molar-refractivity contribution >= 4 is 0 Å². The summed E-state index contributed by atoms with van der Waals surface area (Å²) in [5.74, 6) is 0. The summed E-state index contributed by atoms with van der Waals surface area (Å²) in [6.07, 6.45) is 3.55. The van der Waals surface area contributed by atoms with Gasteiger partial charge in [-0.2, -0.15) is 0 Å². The molecule has 0 aromatic heterocycles. The Bertz CT molecular complexity index is 534. The molecule has 0 aliphatic heterocycles. The Labute approximate surface area is 131 Å². The van der Waals surface area contributed by atoms with Crippen LogP contribution in [0.15, 0.2) is 10.2 Å². The molecule has 1 rings (SSSR count). The van der Waals surface area contributed by atoms with Gasteiger partial charge in [0, 0.05) is 9.82 Å². The van der Waals surface area contributed by atoms with Gasteiger partial charge in [0.15, 0.2) is 0 Å². The molecule has 6 nitrogen and oxygen atoms in total. The Morgan fingerprint density at radius 1 is 0.591 bits per heavy atom. The van der Waals surface area contributed by atoms with Crippen molar-refractivity contribution in [3.8, 4) is 0 Å². The van der Waals surface area contributed by atoms with Gasteiger partial charge in [-0.15, -0.1) is 0 Å². The Kier molecular flexibility index (Phi) is 7.30. The van der Waals surface area contributed by atoms with Gasteiger partial charge in [0.25, 0.3) is 0 Å². The predicted octanol–water partition coefficient (Wildman–Crippen LogP) is 5.56. The van der Waals surface area contributed by atoms with Crippen LogP contribution in [-0.2, 0) is 38.8 Å². The number of rotatable bonds is 8. The van der Waals surface area contributed by atoms with Crippen LogP contribution < -0.4 is 0 Å². The van der Waals surface area contributed by atoms with Gasteiger partial charge in [0.1, 0.15) is 0 Å². The first-order valence-corrected chi connectivity index (χ1v) is 7.88. The normalized spacial score (nSPS) is 10.0. The van der Waals surface area contributed by atoms with E-state index in [-0.39, 0.29) is 0 Å². The molecule has 0 unspecified atom stereocenters. The third-order valence-electron chi connectivity index (χ3n) is 4.18. The van der Waals surface area contributed by atoms with Crippen LogP contribution in [0.5, 0.6) is 0 Å². The molecule has 0 fully saturated rings. The summed E-state index contributed by atoms with van der Waals surface area (Å²) in [6.45, 7) is 9.27. The van der Waals surface area contributed by atoms with Crippen LogP contribution in [-0.4, -0.2) is 0 Å². The first-order valence-electron chi connectivity index (χ1n) is 7.88. The predicted molar refractivity (Wildman–Crippen MR) is 89.7 cm³/mol. The number of hydrogen-bond acceptors (Lipinski definition) is 2. The van der Waals surface area contributed by atoms with E-state index >= 15 is 0 Å². The average molecular weight is 300 g/mol. The van der Waals surface area contributed by atoms with E-state index in [2.05, 4.69) is 47.7 Å². The van der Waals surface area contributed by atoms with E-state index in [1.54, 1.807) is 0 Å². The molecule has 0 aliphatic carbocycles. The molecule has 0 saturated heterocycles. The van der Waals surface area contributed by atoms with Crippen LogP contribution in [0.25, 0.3) is 20.9 Å². The molecular weight excluding hydrogens is 276 g/mol. The lowest BCUT2D eigenvalue weighted by Gasteiger charge is -2.24. The molecule has 0 bridgehead atoms. The zero-order valence-electron chi connectivity index (χ0n) is 13.9. The Balaban J connectivity index is 3.77. The van der Waals surface area contributed by atoms with Gasteiger partial charge in [-0.3, -0.25) is 0 Å². The molecule has 1 aromatic rings. The van der Waals surface area contributed by atoms with Crippen LogP contribution in [0.2, 0.25) is 0 Å². The summed E-state index contributed by atoms with van der Waals surface area (Å²) in [5.41, 5.74) is 24.7. The van der Waals surface area contributed by atoms with Crippen molar-refractivity contribution < 1.29 is 0 Å². The minimum absolute atomic E-state index is 0.393. The number of benzene rings is 1. The molecule has 0 saturated carbocycles. The minimum atomic E-state index is 0.393. The number of hydrogen-bond donors (Lipinski definition) is 0. The summed E-state index contributed by atoms with van der Waals surface area (Å²) in [4.78, 5) is 5.85. The molecule has 0 amide bonds. The second kappa shape index (κ2) is 8.98. The van der Waals surface area contributed by atoms with Gasteiger partial charge >= 0.3 is 0 Å². The lowest BCUT2D eigenvalue weighted by atomic mass is 9.82. The van der Waals surface area contributed by atoms with Gasteiger partial charge in [0.2, 0.25) is 0 Å². The number of nitrogens with zero attached hydrogens (tertiary/aromatic N) is 6. The van der Waals surface area contributed by atoms with Crippen molar-refractivity contribution in [2.24, 2.45) is 10.2 Å². The fourth-order valence-corrected chi connectivity index (χ4v) is 3.39. The van der Waals surface area contributed by atoms with E-state index in [4.69, 9.17) is 11.1 Å². The van der Waals surface area contributed by atoms with Gasteiger partial charge in [-0.1, -0.05) is 37.9 Å². The lowest BCUT2D eigenvalue weighted by molar-refractivity contribution is 0.855. The van der Waals surface area contributed by atoms with Crippen molar-refractivity contribution in [3.63, 3.8) is 0 Å². The lowest BCUT2D eigenvalue weighted by Crippen LogP contribution is -2.12. The molecule has 0 N–H and O–H groups in total. The monoisotopic (exact) mass is 300 g/mol. The SMILES string of the molecule is CCc1c(CC)c(CN=[N+]=[N-])c(CC)c(CC)c1CN=[N+]=[N-]. The molecule has 0 aliphatic rings. The van der Waals surface area contributed by atoms with E-state index in [1.165, 1.54) is 33.4 Å². The maximum atomic E-state index is 8.68. The topological polar surface area (TPSA) is 97.5 Å². The smallest absolute Gasteiger partial charge is 0.0516 e. The summed E-state index contributed by atoms with van der Waals surface area (Å²) in [6, 6.07) is 0. The second-order valence-corrected chi connectivity index (χ2v) is 5.06. The van der Waals surface area contributed by atoms with Crippen LogP contribution in [0.3, 0.4) is 0 Å². The molecular formula is C16H24N6. The van der Waals surface area contributed by atoms with Crippen molar-refractivity contribution in [3.05, 3.63) is 54.3 Å². The van der Waals surface area contributed by atoms with Crippen molar-refractivity contribution in [1.29, 1.82) is 0 Å². The molecule has 0 radical (unpaired) electrons. The Morgan fingerprint density at radius 2 is 0.864 bits per heavy atom. The van der Waals surface area contributed by atoms with E-state index < -0.39 is 0 Å². The zero-order valence-corrected chi connectivity index (χ0v) is 13.9. The van der Waals surface area contributed by atoms with E-state index in [9.17, 15) is 0 Å². The van der Waals surface area contributed by atoms with Crippen LogP contribution in [0.4, 0.5) is 0 Å². The van der Waals surface area contributed by atoms with Gasteiger partial charge in [0.05, 0.1) is 13.1 Å². The molecule has 0 heterocycles. The average Bonchev–Trinajstić information content (AvgIpc) is 2.55. The molecule has 6 heteroatoms. The fourth-order valence-electron chi connectivity index (χ4n) is 3.39. The van der Waals surface area contributed by atoms with Gasteiger partial charge in [-0.25, -0.2) is 0 Å². The van der Waals surface area contributed by atoms with Crippen molar-refractivity contribution in [2.45, 2.75) is 66.5 Å². The molecule has 118 valence electrons. The maximum absolute atomic E-state index is 8.68. The molecule has 0 spiro atoms. The molecule has 0 atom stereocenters. The maximum Gasteiger partial charge on any atom is 0.0516 e. The van der Waals surface area contributed by atoms with Crippen LogP contribution in [0, 0.1) is 0 Å². The highest BCUT2D eigenvalue weighted by atomic mass is 15.1. The van der Waals surface area contributed by atoms with Crippen molar-refractivity contribution in [1.82, 2.24) is 0 Å². The Hall–Kier alpha value is -2.16. The summed E-state index contributed by atoms with van der Waals surface area (Å²) >= 11 is 0. The van der Waals surface area contributed by atoms with Gasteiger partial charge in [-0.05, 0) is 70.1 Å². The van der Waals surface area contributed by atoms with Crippen LogP contribution >= 0.6 is 0 Å². The van der Waals surface area contributed by atoms with Crippen molar-refractivity contribution in [2.75, 3.05) is 0 Å². The highest BCUT2D eigenvalue weighted by Crippen LogP contribution is 2.32. The minimum Gasteiger partial charge on any atom is -0.0893 e. The van der Waals surface area contributed by atoms with Crippen LogP contribution in [0.1, 0.15) is 61.1 Å². The quantitative estimate of drug-likeness (QED) is 0.341. The largest absolute Gasteiger partial charge is 0.0893 e. The third-order valence-corrected chi connectivity index (χ3v) is 4.18. The standard InChI is InChI=1S/C16H24N6/c1-5-11-12(6-2)16(10-20-22-18)14(8-4)13(7-3)15(11)9-19-21-17/h5-10H2,1-4H3. The summed E-state index contributed by atoms with van der Waals surface area (Å²) in [5, 5.41) is 7.60. The zero-order chi connectivity index (χ0) is 16.5. The third kappa shape index (κ3) is 3.53. The fraction of sp³-hybridized carbons (Fsp3) is 0.625. The van der Waals surface area contributed by atoms with E-state index in [1.807, 2.05) is 0 Å². The van der Waals surface area contributed by atoms with E-state index in [0.717, 1.165) is 25.7 Å². The second-order valence-electron chi connectivity index (χ2n) is 5.06. The Morgan fingerprint density at radius 3 is 1.05 bits per heavy atom. The highest BCUT2D eigenvalue weighted by molar-refractivity contribution is 5.52. The number of azide groups is 2. The first-order chi connectivity index (χ1) is 10.7.